The number of rotatable bonds is 3. The van der Waals surface area contributed by atoms with Gasteiger partial charge in [0.2, 0.25) is 6.08 Å². The minimum atomic E-state index is 0.195. The lowest BCUT2D eigenvalue weighted by atomic mass is 10.1. The summed E-state index contributed by atoms with van der Waals surface area (Å²) in [6.45, 7) is 3.56. The van der Waals surface area contributed by atoms with Crippen molar-refractivity contribution in [3.63, 3.8) is 0 Å². The minimum Gasteiger partial charge on any atom is -0.508 e. The molecule has 0 fully saturated rings. The van der Waals surface area contributed by atoms with E-state index in [9.17, 15) is 4.79 Å². The van der Waals surface area contributed by atoms with Gasteiger partial charge in [0.25, 0.3) is 0 Å². The Labute approximate surface area is 76.1 Å². The molecule has 1 rings (SSSR count). The Hall–Kier alpha value is -1.86. The summed E-state index contributed by atoms with van der Waals surface area (Å²) < 4.78 is 0. The number of allylic oxidation sites excluding steroid dienone is 1. The molecule has 0 spiro atoms. The van der Waals surface area contributed by atoms with E-state index in [1.807, 2.05) is 6.07 Å². The second-order valence-electron chi connectivity index (χ2n) is 2.62. The lowest BCUT2D eigenvalue weighted by Crippen LogP contribution is -1.85. The van der Waals surface area contributed by atoms with Crippen LogP contribution in [-0.2, 0) is 11.2 Å². The lowest BCUT2D eigenvalue weighted by Gasteiger charge is -1.99. The van der Waals surface area contributed by atoms with Crippen LogP contribution < -0.4 is 0 Å². The molecule has 3 heteroatoms. The van der Waals surface area contributed by atoms with Crippen LogP contribution in [-0.4, -0.2) is 11.2 Å². The molecular weight excluding hydrogens is 166 g/mol. The summed E-state index contributed by atoms with van der Waals surface area (Å²) in [6.07, 6.45) is 1.86. The smallest absolute Gasteiger partial charge is 0.240 e. The third-order valence-electron chi connectivity index (χ3n) is 1.52. The fourth-order valence-electron chi connectivity index (χ4n) is 1.01. The van der Waals surface area contributed by atoms with Crippen molar-refractivity contribution in [2.24, 2.45) is 4.99 Å². The molecule has 0 atom stereocenters. The number of aromatic hydroxyl groups is 1. The molecule has 3 nitrogen and oxygen atoms in total. The number of aliphatic imine (C=N–C) groups is 1. The highest BCUT2D eigenvalue weighted by molar-refractivity contribution is 5.38. The molecule has 0 aromatic heterocycles. The maximum atomic E-state index is 9.87. The number of carbonyl (C=O) groups excluding carboxylic acids is 1. The quantitative estimate of drug-likeness (QED) is 0.562. The Morgan fingerprint density at radius 2 is 2.38 bits per heavy atom. The number of hydrogen-bond acceptors (Lipinski definition) is 3. The molecule has 66 valence electrons. The zero-order valence-corrected chi connectivity index (χ0v) is 7.03. The van der Waals surface area contributed by atoms with Gasteiger partial charge < -0.3 is 5.11 Å². The highest BCUT2D eigenvalue weighted by atomic mass is 16.3. The van der Waals surface area contributed by atoms with Gasteiger partial charge in [-0.1, -0.05) is 18.7 Å². The number of isocyanates is 1. The van der Waals surface area contributed by atoms with Gasteiger partial charge in [-0.15, -0.1) is 0 Å². The molecule has 0 aliphatic heterocycles. The first kappa shape index (κ1) is 9.23. The monoisotopic (exact) mass is 175 g/mol. The largest absolute Gasteiger partial charge is 0.508 e. The van der Waals surface area contributed by atoms with Gasteiger partial charge in [0.1, 0.15) is 5.75 Å². The Kier molecular flexibility index (Phi) is 3.01. The second kappa shape index (κ2) is 4.24. The normalized spacial score (nSPS) is 8.92. The molecule has 13 heavy (non-hydrogen) atoms. The molecule has 0 radical (unpaired) electrons. The molecule has 0 amide bonds. The van der Waals surface area contributed by atoms with Crippen LogP contribution in [0, 0.1) is 0 Å². The number of phenolic OH excluding ortho intramolecular Hbond substituents is 1. The van der Waals surface area contributed by atoms with Crippen molar-refractivity contribution in [2.45, 2.75) is 6.42 Å². The zero-order valence-electron chi connectivity index (χ0n) is 7.03. The standard InChI is InChI=1S/C10H9NO2/c1-8(11-7-12)5-9-3-2-4-10(13)6-9/h2-4,6,13H,1,5H2. The van der Waals surface area contributed by atoms with Crippen LogP contribution in [0.5, 0.6) is 5.75 Å². The molecule has 0 saturated carbocycles. The molecule has 0 aliphatic carbocycles. The molecule has 1 aromatic rings. The van der Waals surface area contributed by atoms with Gasteiger partial charge >= 0.3 is 0 Å². The minimum absolute atomic E-state index is 0.195. The average Bonchev–Trinajstić information content (AvgIpc) is 2.04. The van der Waals surface area contributed by atoms with Crippen LogP contribution in [0.25, 0.3) is 0 Å². The van der Waals surface area contributed by atoms with Gasteiger partial charge in [-0.05, 0) is 17.7 Å². The lowest BCUT2D eigenvalue weighted by molar-refractivity contribution is 0.474. The third kappa shape index (κ3) is 2.93. The van der Waals surface area contributed by atoms with Crippen LogP contribution in [0.15, 0.2) is 41.5 Å². The zero-order chi connectivity index (χ0) is 9.68. The third-order valence-corrected chi connectivity index (χ3v) is 1.52. The van der Waals surface area contributed by atoms with Crippen molar-refractivity contribution in [1.29, 1.82) is 0 Å². The fourth-order valence-corrected chi connectivity index (χ4v) is 1.01. The van der Waals surface area contributed by atoms with Gasteiger partial charge in [-0.2, -0.15) is 4.99 Å². The summed E-state index contributed by atoms with van der Waals surface area (Å²) in [4.78, 5) is 13.2. The van der Waals surface area contributed by atoms with E-state index in [2.05, 4.69) is 11.6 Å². The van der Waals surface area contributed by atoms with E-state index in [1.54, 1.807) is 18.2 Å². The highest BCUT2D eigenvalue weighted by Crippen LogP contribution is 2.13. The van der Waals surface area contributed by atoms with Crippen LogP contribution in [0.1, 0.15) is 5.56 Å². The highest BCUT2D eigenvalue weighted by Gasteiger charge is 1.96. The average molecular weight is 175 g/mol. The molecule has 0 saturated heterocycles. The van der Waals surface area contributed by atoms with Gasteiger partial charge in [-0.3, -0.25) is 0 Å². The summed E-state index contributed by atoms with van der Waals surface area (Å²) in [6, 6.07) is 6.73. The van der Waals surface area contributed by atoms with Crippen LogP contribution in [0.4, 0.5) is 0 Å². The van der Waals surface area contributed by atoms with E-state index >= 15 is 0 Å². The molecule has 1 aromatic carbocycles. The number of hydrogen-bond donors (Lipinski definition) is 1. The Bertz CT molecular complexity index is 365. The Morgan fingerprint density at radius 3 is 3.00 bits per heavy atom. The maximum absolute atomic E-state index is 9.87. The molecule has 0 bridgehead atoms. The van der Waals surface area contributed by atoms with Gasteiger partial charge in [0.15, 0.2) is 0 Å². The molecule has 0 heterocycles. The summed E-state index contributed by atoms with van der Waals surface area (Å²) in [5.41, 5.74) is 1.30. The van der Waals surface area contributed by atoms with Gasteiger partial charge in [0.05, 0.1) is 5.70 Å². The van der Waals surface area contributed by atoms with Crippen LogP contribution in [0.2, 0.25) is 0 Å². The topological polar surface area (TPSA) is 49.7 Å². The van der Waals surface area contributed by atoms with Gasteiger partial charge in [-0.25, -0.2) is 4.79 Å². The van der Waals surface area contributed by atoms with Crippen molar-refractivity contribution >= 4 is 6.08 Å². The fraction of sp³-hybridized carbons (Fsp3) is 0.100. The van der Waals surface area contributed by atoms with E-state index in [4.69, 9.17) is 5.11 Å². The molecular formula is C10H9NO2. The van der Waals surface area contributed by atoms with Crippen molar-refractivity contribution < 1.29 is 9.90 Å². The Balaban J connectivity index is 2.74. The van der Waals surface area contributed by atoms with E-state index in [1.165, 1.54) is 6.08 Å². The maximum Gasteiger partial charge on any atom is 0.240 e. The predicted octanol–water partition coefficient (Wildman–Crippen LogP) is 1.78. The molecule has 1 N–H and O–H groups in total. The first-order chi connectivity index (χ1) is 6.22. The van der Waals surface area contributed by atoms with E-state index in [-0.39, 0.29) is 5.75 Å². The van der Waals surface area contributed by atoms with Crippen molar-refractivity contribution in [1.82, 2.24) is 0 Å². The summed E-state index contributed by atoms with van der Waals surface area (Å²) >= 11 is 0. The first-order valence-corrected chi connectivity index (χ1v) is 3.76. The van der Waals surface area contributed by atoms with E-state index in [0.717, 1.165) is 5.56 Å². The summed E-state index contributed by atoms with van der Waals surface area (Å²) in [5.74, 6) is 0.195. The van der Waals surface area contributed by atoms with Crippen LogP contribution in [0.3, 0.4) is 0 Å². The predicted molar refractivity (Wildman–Crippen MR) is 49.1 cm³/mol. The summed E-state index contributed by atoms with van der Waals surface area (Å²) in [7, 11) is 0. The summed E-state index contributed by atoms with van der Waals surface area (Å²) in [5, 5.41) is 9.12. The molecule has 0 unspecified atom stereocenters. The van der Waals surface area contributed by atoms with Crippen molar-refractivity contribution in [3.05, 3.63) is 42.1 Å². The van der Waals surface area contributed by atoms with Crippen molar-refractivity contribution in [2.75, 3.05) is 0 Å². The first-order valence-electron chi connectivity index (χ1n) is 3.76. The van der Waals surface area contributed by atoms with Gasteiger partial charge in [0, 0.05) is 6.42 Å². The van der Waals surface area contributed by atoms with E-state index < -0.39 is 0 Å². The number of benzene rings is 1. The SMILES string of the molecule is C=C(Cc1cccc(O)c1)N=C=O. The number of nitrogens with zero attached hydrogens (tertiary/aromatic N) is 1. The van der Waals surface area contributed by atoms with E-state index in [0.29, 0.717) is 12.1 Å². The molecule has 0 aliphatic rings. The second-order valence-corrected chi connectivity index (χ2v) is 2.62. The number of phenols is 1. The van der Waals surface area contributed by atoms with Crippen molar-refractivity contribution in [3.8, 4) is 5.75 Å². The van der Waals surface area contributed by atoms with Crippen LogP contribution >= 0.6 is 0 Å². The Morgan fingerprint density at radius 1 is 1.62 bits per heavy atom.